The number of aromatic nitrogens is 3. The molecule has 32 heavy (non-hydrogen) atoms. The van der Waals surface area contributed by atoms with E-state index in [9.17, 15) is 4.79 Å². The molecule has 3 heterocycles. The predicted molar refractivity (Wildman–Crippen MR) is 121 cm³/mol. The summed E-state index contributed by atoms with van der Waals surface area (Å²) < 4.78 is 34.6. The Balaban J connectivity index is 1.45. The van der Waals surface area contributed by atoms with Crippen LogP contribution in [0.15, 0.2) is 48.8 Å². The molecule has 6 rings (SSSR count). The van der Waals surface area contributed by atoms with E-state index in [4.69, 9.17) is 2.74 Å². The maximum atomic E-state index is 15.7. The molecule has 4 aromatic rings. The van der Waals surface area contributed by atoms with Crippen LogP contribution in [-0.4, -0.2) is 25.6 Å². The van der Waals surface area contributed by atoms with Gasteiger partial charge >= 0.3 is 0 Å². The average molecular weight is 429 g/mol. The lowest BCUT2D eigenvalue weighted by molar-refractivity contribution is 0.0764. The van der Waals surface area contributed by atoms with Crippen LogP contribution in [0.25, 0.3) is 22.0 Å². The zero-order valence-electron chi connectivity index (χ0n) is 19.9. The number of fused-ring (bicyclic) bond motifs is 2. The number of amides is 1. The number of nitrogens with zero attached hydrogens (tertiary/aromatic N) is 4. The van der Waals surface area contributed by atoms with E-state index < -0.39 is 18.2 Å². The van der Waals surface area contributed by atoms with Gasteiger partial charge in [-0.1, -0.05) is 18.2 Å². The van der Waals surface area contributed by atoms with Gasteiger partial charge in [0.25, 0.3) is 5.91 Å². The standard InChI is InChI=1S/C26H23FN4O/c1-15-5-8-18(22-12-30(2)29-25(15)22)17-10-20(16-6-7-16)21(23(27)11-17)13-31-14-24-19(26(31)32)4-3-9-28-24/h3-5,8-12,16H,6-7,13-14H2,1-2H3/i14D2. The molecule has 0 spiro atoms. The lowest BCUT2D eigenvalue weighted by atomic mass is 9.93. The summed E-state index contributed by atoms with van der Waals surface area (Å²) in [6, 6.07) is 10.7. The molecule has 1 aliphatic heterocycles. The third-order valence-electron chi connectivity index (χ3n) is 6.39. The number of pyridine rings is 1. The smallest absolute Gasteiger partial charge is 0.256 e. The molecule has 2 aromatic carbocycles. The van der Waals surface area contributed by atoms with Crippen LogP contribution >= 0.6 is 0 Å². The van der Waals surface area contributed by atoms with E-state index in [0.29, 0.717) is 5.56 Å². The van der Waals surface area contributed by atoms with Crippen molar-refractivity contribution in [2.24, 2.45) is 7.05 Å². The zero-order chi connectivity index (χ0) is 23.8. The molecular weight excluding hydrogens is 403 g/mol. The fourth-order valence-corrected chi connectivity index (χ4v) is 4.60. The second-order valence-electron chi connectivity index (χ2n) is 8.70. The number of halogens is 1. The molecular formula is C26H23FN4O. The Morgan fingerprint density at radius 1 is 1.22 bits per heavy atom. The Bertz CT molecular complexity index is 1490. The van der Waals surface area contributed by atoms with Crippen molar-refractivity contribution in [3.63, 3.8) is 0 Å². The van der Waals surface area contributed by atoms with Crippen LogP contribution in [0.4, 0.5) is 4.39 Å². The van der Waals surface area contributed by atoms with Crippen molar-refractivity contribution in [1.82, 2.24) is 19.7 Å². The second kappa shape index (κ2) is 6.99. The minimum Gasteiger partial charge on any atom is -0.328 e. The molecule has 0 atom stereocenters. The summed E-state index contributed by atoms with van der Waals surface area (Å²) in [5.41, 5.74) is 5.16. The lowest BCUT2D eigenvalue weighted by Gasteiger charge is -2.20. The van der Waals surface area contributed by atoms with Gasteiger partial charge in [0.2, 0.25) is 0 Å². The summed E-state index contributed by atoms with van der Waals surface area (Å²) in [5.74, 6) is -0.679. The molecule has 160 valence electrons. The Hall–Kier alpha value is -3.54. The number of hydrogen-bond donors (Lipinski definition) is 0. The van der Waals surface area contributed by atoms with Crippen LogP contribution in [0.3, 0.4) is 0 Å². The number of hydrogen-bond acceptors (Lipinski definition) is 3. The SMILES string of the molecule is [2H]C1([2H])c2ncccc2C(=O)N1Cc1c(F)cc(-c2ccc(C)c3nn(C)cc23)cc1C1CC1. The maximum Gasteiger partial charge on any atom is 0.256 e. The second-order valence-corrected chi connectivity index (χ2v) is 8.70. The van der Waals surface area contributed by atoms with Gasteiger partial charge in [0.15, 0.2) is 0 Å². The minimum absolute atomic E-state index is 0.0867. The monoisotopic (exact) mass is 428 g/mol. The maximum absolute atomic E-state index is 15.7. The highest BCUT2D eigenvalue weighted by Gasteiger charge is 2.33. The van der Waals surface area contributed by atoms with E-state index in [1.54, 1.807) is 16.8 Å². The van der Waals surface area contributed by atoms with Gasteiger partial charge in [-0.15, -0.1) is 0 Å². The van der Waals surface area contributed by atoms with Crippen LogP contribution in [0, 0.1) is 12.7 Å². The van der Waals surface area contributed by atoms with E-state index in [0.717, 1.165) is 50.9 Å². The van der Waals surface area contributed by atoms with Gasteiger partial charge in [0.05, 0.1) is 26.0 Å². The average Bonchev–Trinajstić information content (AvgIpc) is 3.54. The molecule has 0 bridgehead atoms. The normalized spacial score (nSPS) is 18.1. The molecule has 1 amide bonds. The summed E-state index contributed by atoms with van der Waals surface area (Å²) in [6.07, 6.45) is 5.32. The van der Waals surface area contributed by atoms with Crippen LogP contribution in [-0.2, 0) is 20.1 Å². The van der Waals surface area contributed by atoms with Gasteiger partial charge in [0, 0.05) is 36.9 Å². The summed E-state index contributed by atoms with van der Waals surface area (Å²) in [7, 11) is 1.87. The predicted octanol–water partition coefficient (Wildman–Crippen LogP) is 5.12. The van der Waals surface area contributed by atoms with E-state index in [1.807, 2.05) is 38.4 Å². The van der Waals surface area contributed by atoms with Gasteiger partial charge in [-0.3, -0.25) is 14.5 Å². The molecule has 2 aromatic heterocycles. The Labute approximate surface area is 188 Å². The van der Waals surface area contributed by atoms with Gasteiger partial charge < -0.3 is 4.90 Å². The van der Waals surface area contributed by atoms with Crippen molar-refractivity contribution in [2.75, 3.05) is 0 Å². The van der Waals surface area contributed by atoms with Crippen LogP contribution in [0.2, 0.25) is 0 Å². The molecule has 1 saturated carbocycles. The first-order valence-corrected chi connectivity index (χ1v) is 10.8. The number of aryl methyl sites for hydroxylation is 2. The molecule has 0 saturated heterocycles. The van der Waals surface area contributed by atoms with Crippen LogP contribution in [0.1, 0.15) is 54.2 Å². The van der Waals surface area contributed by atoms with Crippen molar-refractivity contribution in [2.45, 2.75) is 38.7 Å². The summed E-state index contributed by atoms with van der Waals surface area (Å²) >= 11 is 0. The topological polar surface area (TPSA) is 51.0 Å². The highest BCUT2D eigenvalue weighted by Crippen LogP contribution is 2.45. The summed E-state index contributed by atoms with van der Waals surface area (Å²) in [6.45, 7) is -0.235. The van der Waals surface area contributed by atoms with Crippen molar-refractivity contribution in [1.29, 1.82) is 0 Å². The molecule has 5 nitrogen and oxygen atoms in total. The highest BCUT2D eigenvalue weighted by atomic mass is 19.1. The van der Waals surface area contributed by atoms with Crippen LogP contribution < -0.4 is 0 Å². The molecule has 0 radical (unpaired) electrons. The Morgan fingerprint density at radius 2 is 2.06 bits per heavy atom. The van der Waals surface area contributed by atoms with Gasteiger partial charge in [-0.2, -0.15) is 5.10 Å². The van der Waals surface area contributed by atoms with Crippen molar-refractivity contribution >= 4 is 16.8 Å². The van der Waals surface area contributed by atoms with E-state index >= 15 is 4.39 Å². The fourth-order valence-electron chi connectivity index (χ4n) is 4.60. The van der Waals surface area contributed by atoms with Gasteiger partial charge in [-0.25, -0.2) is 4.39 Å². The largest absolute Gasteiger partial charge is 0.328 e. The molecule has 1 aliphatic carbocycles. The van der Waals surface area contributed by atoms with Gasteiger partial charge in [-0.05, 0) is 66.1 Å². The molecule has 1 fully saturated rings. The quantitative estimate of drug-likeness (QED) is 0.454. The summed E-state index contributed by atoms with van der Waals surface area (Å²) in [4.78, 5) is 18.2. The van der Waals surface area contributed by atoms with E-state index in [2.05, 4.69) is 10.1 Å². The molecule has 0 unspecified atom stereocenters. The fraction of sp³-hybridized carbons (Fsp3) is 0.269. The Kier molecular flexibility index (Phi) is 3.73. The van der Waals surface area contributed by atoms with E-state index in [-0.39, 0.29) is 23.7 Å². The molecule has 0 N–H and O–H groups in total. The number of rotatable bonds is 4. The Morgan fingerprint density at radius 3 is 2.84 bits per heavy atom. The summed E-state index contributed by atoms with van der Waals surface area (Å²) in [5, 5.41) is 5.51. The molecule has 2 aliphatic rings. The third kappa shape index (κ3) is 3.01. The van der Waals surface area contributed by atoms with Crippen molar-refractivity contribution in [3.05, 3.63) is 82.6 Å². The number of benzene rings is 2. The third-order valence-corrected chi connectivity index (χ3v) is 6.39. The first kappa shape index (κ1) is 17.1. The highest BCUT2D eigenvalue weighted by molar-refractivity contribution is 5.98. The number of carbonyl (C=O) groups is 1. The first-order valence-electron chi connectivity index (χ1n) is 11.8. The van der Waals surface area contributed by atoms with Crippen molar-refractivity contribution < 1.29 is 11.9 Å². The zero-order valence-corrected chi connectivity index (χ0v) is 17.9. The van der Waals surface area contributed by atoms with Crippen LogP contribution in [0.5, 0.6) is 0 Å². The van der Waals surface area contributed by atoms with E-state index in [1.165, 1.54) is 12.3 Å². The minimum atomic E-state index is -2.10. The first-order chi connectivity index (χ1) is 16.3. The van der Waals surface area contributed by atoms with Crippen molar-refractivity contribution in [3.8, 4) is 11.1 Å². The number of carbonyl (C=O) groups excluding carboxylic acids is 1. The lowest BCUT2D eigenvalue weighted by Crippen LogP contribution is -2.24. The van der Waals surface area contributed by atoms with Gasteiger partial charge in [0.1, 0.15) is 5.82 Å². The molecule has 6 heteroatoms.